The summed E-state index contributed by atoms with van der Waals surface area (Å²) in [4.78, 5) is 14.3. The van der Waals surface area contributed by atoms with Crippen LogP contribution >= 0.6 is 11.6 Å². The molecule has 0 radical (unpaired) electrons. The van der Waals surface area contributed by atoms with Crippen LogP contribution in [0.4, 0.5) is 11.6 Å². The molecule has 0 amide bonds. The maximum Gasteiger partial charge on any atom is 0.390 e. The number of nitrogen functional groups attached to an aromatic ring is 1. The predicted octanol–water partition coefficient (Wildman–Crippen LogP) is 1.48. The summed E-state index contributed by atoms with van der Waals surface area (Å²) in [6, 6.07) is 4.66. The molecule has 2 aromatic heterocycles. The molecule has 8 nitrogen and oxygen atoms in total. The van der Waals surface area contributed by atoms with Crippen LogP contribution in [0.1, 0.15) is 11.4 Å². The number of hydrogen-bond acceptors (Lipinski definition) is 6. The number of hydrazine groups is 1. The fourth-order valence-electron chi connectivity index (χ4n) is 1.56. The fourth-order valence-corrected chi connectivity index (χ4v) is 1.72. The van der Waals surface area contributed by atoms with Crippen molar-refractivity contribution >= 4 is 23.2 Å². The van der Waals surface area contributed by atoms with Gasteiger partial charge in [-0.2, -0.15) is 4.68 Å². The van der Waals surface area contributed by atoms with Crippen molar-refractivity contribution in [3.63, 3.8) is 0 Å². The van der Waals surface area contributed by atoms with Gasteiger partial charge in [-0.05, 0) is 24.0 Å². The lowest BCUT2D eigenvalue weighted by Gasteiger charge is -2.05. The minimum atomic E-state index is -0.545. The van der Waals surface area contributed by atoms with E-state index in [-0.39, 0.29) is 12.4 Å². The zero-order chi connectivity index (χ0) is 14.0. The highest BCUT2D eigenvalue weighted by molar-refractivity contribution is 6.31. The SMILES string of the molecule is Cc1cc([N+](=O)[O-])nn1Cc1nc(NN)ccc1Cl. The van der Waals surface area contributed by atoms with Crippen molar-refractivity contribution in [3.05, 3.63) is 44.7 Å². The summed E-state index contributed by atoms with van der Waals surface area (Å²) in [6.07, 6.45) is 0. The molecule has 2 heterocycles. The highest BCUT2D eigenvalue weighted by atomic mass is 35.5. The average molecular weight is 283 g/mol. The quantitative estimate of drug-likeness (QED) is 0.499. The molecule has 0 unspecified atom stereocenters. The maximum atomic E-state index is 10.6. The number of pyridine rings is 1. The van der Waals surface area contributed by atoms with E-state index in [0.717, 1.165) is 0 Å². The Hall–Kier alpha value is -2.19. The molecular formula is C10H11ClN6O2. The third-order valence-electron chi connectivity index (χ3n) is 2.52. The van der Waals surface area contributed by atoms with Gasteiger partial charge in [0.05, 0.1) is 27.6 Å². The summed E-state index contributed by atoms with van der Waals surface area (Å²) in [5.41, 5.74) is 3.59. The third kappa shape index (κ3) is 2.80. The van der Waals surface area contributed by atoms with Gasteiger partial charge >= 0.3 is 5.82 Å². The number of nitrogens with zero attached hydrogens (tertiary/aromatic N) is 4. The van der Waals surface area contributed by atoms with Gasteiger partial charge in [0, 0.05) is 0 Å². The van der Waals surface area contributed by atoms with Gasteiger partial charge in [0.25, 0.3) is 0 Å². The molecule has 0 aromatic carbocycles. The Morgan fingerprint density at radius 1 is 1.58 bits per heavy atom. The van der Waals surface area contributed by atoms with Crippen molar-refractivity contribution in [3.8, 4) is 0 Å². The molecule has 0 saturated carbocycles. The van der Waals surface area contributed by atoms with Gasteiger partial charge in [0.2, 0.25) is 0 Å². The Balaban J connectivity index is 2.33. The van der Waals surface area contributed by atoms with Crippen LogP contribution in [0.2, 0.25) is 5.02 Å². The second kappa shape index (κ2) is 5.21. The van der Waals surface area contributed by atoms with E-state index < -0.39 is 4.92 Å². The van der Waals surface area contributed by atoms with E-state index in [1.807, 2.05) is 0 Å². The van der Waals surface area contributed by atoms with Crippen LogP contribution in [0.25, 0.3) is 0 Å². The fraction of sp³-hybridized carbons (Fsp3) is 0.200. The minimum absolute atomic E-state index is 0.207. The zero-order valence-corrected chi connectivity index (χ0v) is 10.8. The van der Waals surface area contributed by atoms with E-state index in [0.29, 0.717) is 22.2 Å². The zero-order valence-electron chi connectivity index (χ0n) is 10.00. The van der Waals surface area contributed by atoms with Gasteiger partial charge in [-0.15, -0.1) is 0 Å². The molecule has 2 aromatic rings. The monoisotopic (exact) mass is 282 g/mol. The summed E-state index contributed by atoms with van der Waals surface area (Å²) in [5, 5.41) is 15.0. The van der Waals surface area contributed by atoms with Crippen molar-refractivity contribution < 1.29 is 4.92 Å². The summed E-state index contributed by atoms with van der Waals surface area (Å²) in [5.74, 6) is 5.52. The highest BCUT2D eigenvalue weighted by Gasteiger charge is 2.17. The molecule has 100 valence electrons. The number of nitrogens with one attached hydrogen (secondary N) is 1. The minimum Gasteiger partial charge on any atom is -0.358 e. The Bertz CT molecular complexity index is 626. The maximum absolute atomic E-state index is 10.6. The van der Waals surface area contributed by atoms with Crippen molar-refractivity contribution in [1.29, 1.82) is 0 Å². The van der Waals surface area contributed by atoms with Crippen molar-refractivity contribution in [2.45, 2.75) is 13.5 Å². The second-order valence-electron chi connectivity index (χ2n) is 3.83. The first kappa shape index (κ1) is 13.2. The van der Waals surface area contributed by atoms with E-state index in [1.165, 1.54) is 10.7 Å². The normalized spacial score (nSPS) is 10.5. The first-order valence-electron chi connectivity index (χ1n) is 5.32. The van der Waals surface area contributed by atoms with Crippen LogP contribution in [-0.2, 0) is 6.54 Å². The predicted molar refractivity (Wildman–Crippen MR) is 69.8 cm³/mol. The first-order chi connectivity index (χ1) is 9.01. The van der Waals surface area contributed by atoms with Crippen LogP contribution in [0, 0.1) is 17.0 Å². The molecule has 2 rings (SSSR count). The molecule has 0 atom stereocenters. The van der Waals surface area contributed by atoms with Gasteiger partial charge in [-0.25, -0.2) is 10.8 Å². The summed E-state index contributed by atoms with van der Waals surface area (Å²) in [6.45, 7) is 1.95. The number of nitro groups is 1. The van der Waals surface area contributed by atoms with Gasteiger partial charge < -0.3 is 15.5 Å². The number of aromatic nitrogens is 3. The standard InChI is InChI=1S/C10H11ClN6O2/c1-6-4-10(17(18)19)15-16(6)5-8-7(11)2-3-9(13-8)14-12/h2-4H,5,12H2,1H3,(H,13,14). The topological polar surface area (TPSA) is 112 Å². The molecule has 0 fully saturated rings. The summed E-state index contributed by atoms with van der Waals surface area (Å²) in [7, 11) is 0. The van der Waals surface area contributed by atoms with Crippen molar-refractivity contribution in [2.75, 3.05) is 5.43 Å². The Kier molecular flexibility index (Phi) is 3.63. The van der Waals surface area contributed by atoms with Crippen LogP contribution in [-0.4, -0.2) is 19.7 Å². The van der Waals surface area contributed by atoms with Crippen LogP contribution < -0.4 is 11.3 Å². The van der Waals surface area contributed by atoms with Crippen LogP contribution in [0.5, 0.6) is 0 Å². The Morgan fingerprint density at radius 3 is 2.89 bits per heavy atom. The van der Waals surface area contributed by atoms with Crippen molar-refractivity contribution in [2.24, 2.45) is 5.84 Å². The average Bonchev–Trinajstić information content (AvgIpc) is 2.74. The lowest BCUT2D eigenvalue weighted by atomic mass is 10.3. The highest BCUT2D eigenvalue weighted by Crippen LogP contribution is 2.19. The Labute approximate surface area is 113 Å². The molecule has 0 spiro atoms. The Morgan fingerprint density at radius 2 is 2.32 bits per heavy atom. The number of rotatable bonds is 4. The number of halogens is 1. The van der Waals surface area contributed by atoms with E-state index in [1.54, 1.807) is 19.1 Å². The van der Waals surface area contributed by atoms with E-state index >= 15 is 0 Å². The molecule has 3 N–H and O–H groups in total. The lowest BCUT2D eigenvalue weighted by molar-refractivity contribution is -0.389. The van der Waals surface area contributed by atoms with Gasteiger partial charge in [-0.1, -0.05) is 11.6 Å². The van der Waals surface area contributed by atoms with E-state index in [9.17, 15) is 10.1 Å². The van der Waals surface area contributed by atoms with Gasteiger partial charge in [0.15, 0.2) is 0 Å². The molecule has 9 heteroatoms. The lowest BCUT2D eigenvalue weighted by Crippen LogP contribution is -2.11. The van der Waals surface area contributed by atoms with Gasteiger partial charge in [-0.3, -0.25) is 0 Å². The molecule has 0 saturated heterocycles. The second-order valence-corrected chi connectivity index (χ2v) is 4.24. The third-order valence-corrected chi connectivity index (χ3v) is 2.87. The van der Waals surface area contributed by atoms with E-state index in [2.05, 4.69) is 15.5 Å². The summed E-state index contributed by atoms with van der Waals surface area (Å²) >= 11 is 6.02. The van der Waals surface area contributed by atoms with Crippen LogP contribution in [0.3, 0.4) is 0 Å². The smallest absolute Gasteiger partial charge is 0.358 e. The largest absolute Gasteiger partial charge is 0.390 e. The van der Waals surface area contributed by atoms with Gasteiger partial charge in [0.1, 0.15) is 12.4 Å². The molecule has 19 heavy (non-hydrogen) atoms. The molecule has 0 aliphatic heterocycles. The van der Waals surface area contributed by atoms with E-state index in [4.69, 9.17) is 17.4 Å². The number of anilines is 1. The number of nitrogens with two attached hydrogens (primary N) is 1. The number of hydrogen-bond donors (Lipinski definition) is 2. The first-order valence-corrected chi connectivity index (χ1v) is 5.70. The number of aryl methyl sites for hydroxylation is 1. The summed E-state index contributed by atoms with van der Waals surface area (Å²) < 4.78 is 1.46. The molecule has 0 aliphatic rings. The molecule has 0 aliphatic carbocycles. The molecule has 0 bridgehead atoms. The van der Waals surface area contributed by atoms with Crippen molar-refractivity contribution in [1.82, 2.24) is 14.8 Å². The molecular weight excluding hydrogens is 272 g/mol. The van der Waals surface area contributed by atoms with Crippen LogP contribution in [0.15, 0.2) is 18.2 Å².